The molecule has 0 bridgehead atoms. The summed E-state index contributed by atoms with van der Waals surface area (Å²) in [6.07, 6.45) is 5.94. The van der Waals surface area contributed by atoms with Crippen LogP contribution in [0.1, 0.15) is 12.1 Å². The maximum Gasteiger partial charge on any atom is 0.333 e. The van der Waals surface area contributed by atoms with Gasteiger partial charge in [0.25, 0.3) is 0 Å². The Labute approximate surface area is 92.3 Å². The van der Waals surface area contributed by atoms with Gasteiger partial charge >= 0.3 is 5.97 Å². The molecule has 0 unspecified atom stereocenters. The summed E-state index contributed by atoms with van der Waals surface area (Å²) < 4.78 is 1.95. The van der Waals surface area contributed by atoms with Gasteiger partial charge in [0.05, 0.1) is 23.5 Å². The molecule has 0 spiro atoms. The molecule has 0 saturated heterocycles. The number of carbonyl (C=O) groups is 1. The number of hydrogen-bond acceptors (Lipinski definition) is 3. The zero-order valence-corrected chi connectivity index (χ0v) is 8.63. The molecule has 3 heterocycles. The fraction of sp³-hybridized carbons (Fsp3) is 0.273. The monoisotopic (exact) mass is 217 g/mol. The molecule has 0 fully saturated rings. The summed E-state index contributed by atoms with van der Waals surface area (Å²) in [5, 5.41) is 13.2. The number of aliphatic carboxylic acids is 1. The minimum atomic E-state index is -0.839. The van der Waals surface area contributed by atoms with Crippen molar-refractivity contribution >= 4 is 11.7 Å². The van der Waals surface area contributed by atoms with Crippen LogP contribution in [0.4, 0.5) is 0 Å². The summed E-state index contributed by atoms with van der Waals surface area (Å²) >= 11 is 0. The molecule has 1 N–H and O–H groups in total. The molecule has 1 aromatic rings. The van der Waals surface area contributed by atoms with Gasteiger partial charge in [-0.05, 0) is 6.07 Å². The summed E-state index contributed by atoms with van der Waals surface area (Å²) in [5.41, 5.74) is 2.57. The van der Waals surface area contributed by atoms with Crippen molar-refractivity contribution in [3.8, 4) is 0 Å². The topological polar surface area (TPSA) is 58.4 Å². The van der Waals surface area contributed by atoms with Gasteiger partial charge < -0.3 is 10.0 Å². The highest BCUT2D eigenvalue weighted by atomic mass is 16.4. The molecule has 0 aromatic carbocycles. The first kappa shape index (κ1) is 9.21. The normalized spacial score (nSPS) is 18.4. The van der Waals surface area contributed by atoms with E-state index in [1.54, 1.807) is 12.4 Å². The zero-order chi connectivity index (χ0) is 11.1. The van der Waals surface area contributed by atoms with Gasteiger partial charge in [0, 0.05) is 25.4 Å². The summed E-state index contributed by atoms with van der Waals surface area (Å²) in [6, 6.07) is 1.96. The van der Waals surface area contributed by atoms with E-state index in [9.17, 15) is 4.79 Å². The van der Waals surface area contributed by atoms with Gasteiger partial charge in [0.15, 0.2) is 0 Å². The van der Waals surface area contributed by atoms with Gasteiger partial charge in [-0.15, -0.1) is 0 Å². The Hall–Kier alpha value is -2.04. The summed E-state index contributed by atoms with van der Waals surface area (Å²) in [4.78, 5) is 12.9. The van der Waals surface area contributed by atoms with Crippen LogP contribution in [0.15, 0.2) is 30.1 Å². The predicted octanol–water partition coefficient (Wildman–Crippen LogP) is 0.912. The van der Waals surface area contributed by atoms with E-state index in [2.05, 4.69) is 5.10 Å². The number of carboxylic acids is 1. The molecule has 0 aliphatic carbocycles. The standard InChI is InChI=1S/C11H11N3O2/c15-11(16)8-1-2-9-10-3-4-12-14(10)6-5-13(9)7-8/h2-4,7H,1,5-6H2,(H,15,16). The number of rotatable bonds is 1. The van der Waals surface area contributed by atoms with Gasteiger partial charge in [-0.2, -0.15) is 5.10 Å². The van der Waals surface area contributed by atoms with E-state index in [4.69, 9.17) is 5.11 Å². The van der Waals surface area contributed by atoms with E-state index in [1.807, 2.05) is 21.7 Å². The Morgan fingerprint density at radius 1 is 1.44 bits per heavy atom. The van der Waals surface area contributed by atoms with Gasteiger partial charge in [0.1, 0.15) is 0 Å². The highest BCUT2D eigenvalue weighted by Crippen LogP contribution is 2.29. The van der Waals surface area contributed by atoms with Crippen LogP contribution in [0.5, 0.6) is 0 Å². The maximum absolute atomic E-state index is 10.9. The molecule has 0 saturated carbocycles. The lowest BCUT2D eigenvalue weighted by Crippen LogP contribution is -2.31. The number of carboxylic acid groups (broad SMARTS) is 1. The summed E-state index contributed by atoms with van der Waals surface area (Å²) in [6.45, 7) is 1.57. The van der Waals surface area contributed by atoms with E-state index in [1.165, 1.54) is 0 Å². The van der Waals surface area contributed by atoms with Gasteiger partial charge in [-0.25, -0.2) is 4.79 Å². The minimum absolute atomic E-state index is 0.441. The van der Waals surface area contributed by atoms with Crippen LogP contribution in [-0.2, 0) is 11.3 Å². The number of hydrogen-bond donors (Lipinski definition) is 1. The third kappa shape index (κ3) is 1.25. The lowest BCUT2D eigenvalue weighted by Gasteiger charge is -2.32. The minimum Gasteiger partial charge on any atom is -0.478 e. The Bertz CT molecular complexity index is 513. The predicted molar refractivity (Wildman–Crippen MR) is 57.2 cm³/mol. The van der Waals surface area contributed by atoms with Crippen molar-refractivity contribution in [3.63, 3.8) is 0 Å². The molecule has 16 heavy (non-hydrogen) atoms. The molecule has 0 atom stereocenters. The first-order chi connectivity index (χ1) is 7.75. The molecule has 2 aliphatic heterocycles. The van der Waals surface area contributed by atoms with E-state index in [0.717, 1.165) is 24.5 Å². The van der Waals surface area contributed by atoms with Gasteiger partial charge in [-0.1, -0.05) is 6.08 Å². The van der Waals surface area contributed by atoms with Gasteiger partial charge in [-0.3, -0.25) is 4.68 Å². The highest BCUT2D eigenvalue weighted by Gasteiger charge is 2.24. The first-order valence-electron chi connectivity index (χ1n) is 5.18. The number of nitrogens with zero attached hydrogens (tertiary/aromatic N) is 3. The van der Waals surface area contributed by atoms with Crippen molar-refractivity contribution in [3.05, 3.63) is 35.8 Å². The molecule has 0 amide bonds. The van der Waals surface area contributed by atoms with Crippen LogP contribution in [0.2, 0.25) is 0 Å². The van der Waals surface area contributed by atoms with Crippen molar-refractivity contribution in [1.82, 2.24) is 14.7 Å². The second-order valence-corrected chi connectivity index (χ2v) is 3.89. The number of aromatic nitrogens is 2. The van der Waals surface area contributed by atoms with Crippen molar-refractivity contribution < 1.29 is 9.90 Å². The Kier molecular flexibility index (Phi) is 1.86. The fourth-order valence-corrected chi connectivity index (χ4v) is 2.14. The van der Waals surface area contributed by atoms with E-state index < -0.39 is 5.97 Å². The molecule has 3 rings (SSSR count). The first-order valence-corrected chi connectivity index (χ1v) is 5.18. The number of fused-ring (bicyclic) bond motifs is 3. The summed E-state index contributed by atoms with van der Waals surface area (Å²) in [5.74, 6) is -0.839. The average Bonchev–Trinajstić information content (AvgIpc) is 2.76. The highest BCUT2D eigenvalue weighted by molar-refractivity contribution is 5.88. The van der Waals surface area contributed by atoms with Crippen LogP contribution >= 0.6 is 0 Å². The molecule has 5 heteroatoms. The molecule has 0 radical (unpaired) electrons. The quantitative estimate of drug-likeness (QED) is 0.759. The van der Waals surface area contributed by atoms with E-state index in [0.29, 0.717) is 12.0 Å². The average molecular weight is 217 g/mol. The van der Waals surface area contributed by atoms with Crippen molar-refractivity contribution in [1.29, 1.82) is 0 Å². The second kappa shape index (κ2) is 3.23. The number of allylic oxidation sites excluding steroid dienone is 1. The van der Waals surface area contributed by atoms with Crippen molar-refractivity contribution in [2.75, 3.05) is 6.54 Å². The van der Waals surface area contributed by atoms with Crippen LogP contribution in [-0.4, -0.2) is 32.3 Å². The SMILES string of the molecule is O=C(O)C1=CN2CCn3nccc3C2=CC1. The van der Waals surface area contributed by atoms with Gasteiger partial charge in [0.2, 0.25) is 0 Å². The smallest absolute Gasteiger partial charge is 0.333 e. The van der Waals surface area contributed by atoms with E-state index >= 15 is 0 Å². The molecular formula is C11H11N3O2. The Morgan fingerprint density at radius 3 is 3.12 bits per heavy atom. The summed E-state index contributed by atoms with van der Waals surface area (Å²) in [7, 11) is 0. The molecule has 5 nitrogen and oxygen atoms in total. The van der Waals surface area contributed by atoms with Crippen LogP contribution in [0, 0.1) is 0 Å². The molecule has 82 valence electrons. The largest absolute Gasteiger partial charge is 0.478 e. The Balaban J connectivity index is 1.99. The zero-order valence-electron chi connectivity index (χ0n) is 8.63. The molecule has 2 aliphatic rings. The van der Waals surface area contributed by atoms with E-state index in [-0.39, 0.29) is 0 Å². The lowest BCUT2D eigenvalue weighted by atomic mass is 10.1. The third-order valence-electron chi connectivity index (χ3n) is 2.94. The van der Waals surface area contributed by atoms with Crippen LogP contribution < -0.4 is 0 Å². The molecular weight excluding hydrogens is 206 g/mol. The molecule has 1 aromatic heterocycles. The third-order valence-corrected chi connectivity index (χ3v) is 2.94. The second-order valence-electron chi connectivity index (χ2n) is 3.89. The van der Waals surface area contributed by atoms with Crippen LogP contribution in [0.25, 0.3) is 5.70 Å². The Morgan fingerprint density at radius 2 is 2.31 bits per heavy atom. The van der Waals surface area contributed by atoms with Crippen molar-refractivity contribution in [2.24, 2.45) is 0 Å². The fourth-order valence-electron chi connectivity index (χ4n) is 2.14. The lowest BCUT2D eigenvalue weighted by molar-refractivity contribution is -0.132. The van der Waals surface area contributed by atoms with Crippen LogP contribution in [0.3, 0.4) is 0 Å². The maximum atomic E-state index is 10.9. The van der Waals surface area contributed by atoms with Crippen molar-refractivity contribution in [2.45, 2.75) is 13.0 Å².